The Bertz CT molecular complexity index is 149. The van der Waals surface area contributed by atoms with E-state index in [0.717, 1.165) is 19.5 Å². The fraction of sp³-hybridized carbons (Fsp3) is 0.917. The number of hydrogen-bond donors (Lipinski definition) is 2. The second-order valence-electron chi connectivity index (χ2n) is 3.97. The maximum atomic E-state index is 11.2. The zero-order chi connectivity index (χ0) is 11.4. The highest BCUT2D eigenvalue weighted by molar-refractivity contribution is 5.75. The van der Waals surface area contributed by atoms with Crippen LogP contribution in [0.5, 0.6) is 0 Å². The lowest BCUT2D eigenvalue weighted by Crippen LogP contribution is -2.27. The van der Waals surface area contributed by atoms with Crippen molar-refractivity contribution in [3.8, 4) is 0 Å². The van der Waals surface area contributed by atoms with Gasteiger partial charge in [0, 0.05) is 19.5 Å². The van der Waals surface area contributed by atoms with Gasteiger partial charge in [0.05, 0.1) is 0 Å². The third-order valence-electron chi connectivity index (χ3n) is 2.45. The predicted molar refractivity (Wildman–Crippen MR) is 64.9 cm³/mol. The summed E-state index contributed by atoms with van der Waals surface area (Å²) in [6, 6.07) is 0. The topological polar surface area (TPSA) is 41.1 Å². The molecular weight excluding hydrogens is 188 g/mol. The van der Waals surface area contributed by atoms with Crippen LogP contribution in [0.15, 0.2) is 0 Å². The van der Waals surface area contributed by atoms with Crippen LogP contribution in [-0.4, -0.2) is 26.0 Å². The number of unbranched alkanes of at least 4 members (excludes halogenated alkanes) is 5. The fourth-order valence-electron chi connectivity index (χ4n) is 1.46. The van der Waals surface area contributed by atoms with E-state index in [2.05, 4.69) is 17.6 Å². The number of nitrogens with one attached hydrogen (secondary N) is 2. The zero-order valence-electron chi connectivity index (χ0n) is 10.3. The van der Waals surface area contributed by atoms with Gasteiger partial charge >= 0.3 is 0 Å². The Morgan fingerprint density at radius 2 is 1.67 bits per heavy atom. The van der Waals surface area contributed by atoms with E-state index in [4.69, 9.17) is 0 Å². The Balaban J connectivity index is 3.06. The number of hydrogen-bond acceptors (Lipinski definition) is 2. The summed E-state index contributed by atoms with van der Waals surface area (Å²) in [5, 5.41) is 5.89. The maximum absolute atomic E-state index is 11.2. The van der Waals surface area contributed by atoms with Crippen LogP contribution in [0.4, 0.5) is 0 Å². The molecule has 3 heteroatoms. The number of carbonyl (C=O) groups is 1. The standard InChI is InChI=1S/C12H26N2O/c1-3-4-5-6-7-8-10-14-12(15)9-11-13-2/h13H,3-11H2,1-2H3,(H,14,15). The zero-order valence-corrected chi connectivity index (χ0v) is 10.3. The minimum Gasteiger partial charge on any atom is -0.356 e. The van der Waals surface area contributed by atoms with Crippen molar-refractivity contribution < 1.29 is 4.79 Å². The number of amides is 1. The smallest absolute Gasteiger partial charge is 0.221 e. The molecule has 0 aromatic heterocycles. The highest BCUT2D eigenvalue weighted by Crippen LogP contribution is 2.03. The van der Waals surface area contributed by atoms with E-state index in [0.29, 0.717) is 6.42 Å². The van der Waals surface area contributed by atoms with Crippen molar-refractivity contribution in [2.75, 3.05) is 20.1 Å². The van der Waals surface area contributed by atoms with E-state index in [1.165, 1.54) is 32.1 Å². The molecule has 0 atom stereocenters. The van der Waals surface area contributed by atoms with Gasteiger partial charge in [0.15, 0.2) is 0 Å². The quantitative estimate of drug-likeness (QED) is 0.547. The van der Waals surface area contributed by atoms with Crippen molar-refractivity contribution in [3.05, 3.63) is 0 Å². The lowest BCUT2D eigenvalue weighted by molar-refractivity contribution is -0.120. The van der Waals surface area contributed by atoms with Gasteiger partial charge in [-0.25, -0.2) is 0 Å². The van der Waals surface area contributed by atoms with E-state index >= 15 is 0 Å². The summed E-state index contributed by atoms with van der Waals surface area (Å²) < 4.78 is 0. The fourth-order valence-corrected chi connectivity index (χ4v) is 1.46. The first-order chi connectivity index (χ1) is 7.31. The SMILES string of the molecule is CCCCCCCCNC(=O)CCNC. The summed E-state index contributed by atoms with van der Waals surface area (Å²) in [4.78, 5) is 11.2. The summed E-state index contributed by atoms with van der Waals surface area (Å²) in [5.41, 5.74) is 0. The molecule has 0 saturated carbocycles. The van der Waals surface area contributed by atoms with Crippen LogP contribution in [0, 0.1) is 0 Å². The van der Waals surface area contributed by atoms with E-state index in [-0.39, 0.29) is 5.91 Å². The first-order valence-electron chi connectivity index (χ1n) is 6.22. The summed E-state index contributed by atoms with van der Waals surface area (Å²) >= 11 is 0. The molecule has 0 fully saturated rings. The van der Waals surface area contributed by atoms with Crippen LogP contribution in [-0.2, 0) is 4.79 Å². The summed E-state index contributed by atoms with van der Waals surface area (Å²) in [6.07, 6.45) is 8.23. The Labute approximate surface area is 94.0 Å². The Morgan fingerprint density at radius 1 is 1.00 bits per heavy atom. The molecule has 0 spiro atoms. The van der Waals surface area contributed by atoms with Crippen molar-refractivity contribution >= 4 is 5.91 Å². The van der Waals surface area contributed by atoms with Gasteiger partial charge in [-0.1, -0.05) is 39.0 Å². The second-order valence-corrected chi connectivity index (χ2v) is 3.97. The molecule has 0 heterocycles. The summed E-state index contributed by atoms with van der Waals surface area (Å²) in [5.74, 6) is 0.165. The van der Waals surface area contributed by atoms with Gasteiger partial charge in [-0.3, -0.25) is 4.79 Å². The third kappa shape index (κ3) is 11.4. The molecule has 1 amide bonds. The molecule has 0 aromatic rings. The molecule has 0 rings (SSSR count). The summed E-state index contributed by atoms with van der Waals surface area (Å²) in [7, 11) is 1.86. The van der Waals surface area contributed by atoms with Gasteiger partial charge in [-0.2, -0.15) is 0 Å². The highest BCUT2D eigenvalue weighted by atomic mass is 16.1. The molecule has 2 N–H and O–H groups in total. The normalized spacial score (nSPS) is 10.3. The molecular formula is C12H26N2O. The van der Waals surface area contributed by atoms with E-state index < -0.39 is 0 Å². The number of rotatable bonds is 10. The predicted octanol–water partition coefficient (Wildman–Crippen LogP) is 2.07. The molecule has 0 aliphatic heterocycles. The van der Waals surface area contributed by atoms with Crippen molar-refractivity contribution in [2.24, 2.45) is 0 Å². The average Bonchev–Trinajstić information content (AvgIpc) is 2.25. The van der Waals surface area contributed by atoms with Crippen LogP contribution in [0.25, 0.3) is 0 Å². The summed E-state index contributed by atoms with van der Waals surface area (Å²) in [6.45, 7) is 3.83. The van der Waals surface area contributed by atoms with Gasteiger partial charge in [-0.05, 0) is 13.5 Å². The van der Waals surface area contributed by atoms with Crippen LogP contribution in [0.3, 0.4) is 0 Å². The highest BCUT2D eigenvalue weighted by Gasteiger charge is 1.98. The minimum absolute atomic E-state index is 0.165. The van der Waals surface area contributed by atoms with Crippen LogP contribution >= 0.6 is 0 Å². The van der Waals surface area contributed by atoms with E-state index in [1.807, 2.05) is 7.05 Å². The molecule has 3 nitrogen and oxygen atoms in total. The number of carbonyl (C=O) groups excluding carboxylic acids is 1. The average molecular weight is 214 g/mol. The molecule has 15 heavy (non-hydrogen) atoms. The van der Waals surface area contributed by atoms with Crippen molar-refractivity contribution in [1.29, 1.82) is 0 Å². The second kappa shape index (κ2) is 11.5. The molecule has 0 unspecified atom stereocenters. The van der Waals surface area contributed by atoms with Crippen molar-refractivity contribution in [2.45, 2.75) is 51.9 Å². The van der Waals surface area contributed by atoms with Crippen molar-refractivity contribution in [3.63, 3.8) is 0 Å². The molecule has 0 aliphatic carbocycles. The monoisotopic (exact) mass is 214 g/mol. The van der Waals surface area contributed by atoms with E-state index in [9.17, 15) is 4.79 Å². The van der Waals surface area contributed by atoms with Gasteiger partial charge < -0.3 is 10.6 Å². The molecule has 0 aromatic carbocycles. The molecule has 0 aliphatic rings. The Hall–Kier alpha value is -0.570. The molecule has 90 valence electrons. The van der Waals surface area contributed by atoms with Gasteiger partial charge in [0.2, 0.25) is 5.91 Å². The van der Waals surface area contributed by atoms with Gasteiger partial charge in [-0.15, -0.1) is 0 Å². The first-order valence-corrected chi connectivity index (χ1v) is 6.22. The third-order valence-corrected chi connectivity index (χ3v) is 2.45. The Morgan fingerprint density at radius 3 is 2.33 bits per heavy atom. The van der Waals surface area contributed by atoms with Crippen molar-refractivity contribution in [1.82, 2.24) is 10.6 Å². The lowest BCUT2D eigenvalue weighted by atomic mass is 10.1. The van der Waals surface area contributed by atoms with E-state index in [1.54, 1.807) is 0 Å². The maximum Gasteiger partial charge on any atom is 0.221 e. The first kappa shape index (κ1) is 14.4. The largest absolute Gasteiger partial charge is 0.356 e. The molecule has 0 radical (unpaired) electrons. The molecule has 0 saturated heterocycles. The van der Waals surface area contributed by atoms with Crippen LogP contribution < -0.4 is 10.6 Å². The van der Waals surface area contributed by atoms with Crippen LogP contribution in [0.1, 0.15) is 51.9 Å². The minimum atomic E-state index is 0.165. The lowest BCUT2D eigenvalue weighted by Gasteiger charge is -2.04. The Kier molecular flexibility index (Phi) is 11.1. The molecule has 0 bridgehead atoms. The van der Waals surface area contributed by atoms with Crippen LogP contribution in [0.2, 0.25) is 0 Å². The van der Waals surface area contributed by atoms with Gasteiger partial charge in [0.25, 0.3) is 0 Å². The van der Waals surface area contributed by atoms with Gasteiger partial charge in [0.1, 0.15) is 0 Å².